The quantitative estimate of drug-likeness (QED) is 0.268. The number of hydrogen-bond donors (Lipinski definition) is 0. The van der Waals surface area contributed by atoms with Crippen molar-refractivity contribution < 1.29 is 12.6 Å². The molecule has 0 saturated carbocycles. The third-order valence-electron chi connectivity index (χ3n) is 3.77. The van der Waals surface area contributed by atoms with Crippen LogP contribution in [0.15, 0.2) is 35.2 Å². The first-order valence-electron chi connectivity index (χ1n) is 8.61. The van der Waals surface area contributed by atoms with Gasteiger partial charge in [-0.3, -0.25) is 4.18 Å². The maximum Gasteiger partial charge on any atom is 0.296 e. The molecule has 3 nitrogen and oxygen atoms in total. The summed E-state index contributed by atoms with van der Waals surface area (Å²) < 4.78 is 28.8. The van der Waals surface area contributed by atoms with Crippen molar-refractivity contribution >= 4 is 158 Å². The first kappa shape index (κ1) is 41.4. The van der Waals surface area contributed by atoms with Gasteiger partial charge in [-0.2, -0.15) is 8.42 Å². The maximum atomic E-state index is 11.9. The first-order valence-corrected chi connectivity index (χ1v) is 10.0. The van der Waals surface area contributed by atoms with E-state index in [2.05, 4.69) is 6.92 Å². The van der Waals surface area contributed by atoms with E-state index in [9.17, 15) is 8.42 Å². The number of benzene rings is 1. The van der Waals surface area contributed by atoms with Crippen LogP contribution in [-0.4, -0.2) is 163 Å². The van der Waals surface area contributed by atoms with Crippen molar-refractivity contribution in [2.24, 2.45) is 0 Å². The summed E-state index contributed by atoms with van der Waals surface area (Å²) in [5.74, 6) is 0. The fourth-order valence-corrected chi connectivity index (χ4v) is 3.38. The second kappa shape index (κ2) is 28.2. The monoisotopic (exact) mass is 441 g/mol. The second-order valence-corrected chi connectivity index (χ2v) is 7.39. The molecule has 131 valence electrons. The molecule has 0 aromatic heterocycles. The predicted molar refractivity (Wildman–Crippen MR) is 120 cm³/mol. The number of unbranched alkanes of at least 4 members (excludes halogenated alkanes) is 9. The third kappa shape index (κ3) is 23.1. The van der Waals surface area contributed by atoms with Gasteiger partial charge in [-0.05, 0) is 18.6 Å². The Morgan fingerprint density at radius 2 is 1.07 bits per heavy atom. The Morgan fingerprint density at radius 3 is 1.52 bits per heavy atom. The van der Waals surface area contributed by atoms with Gasteiger partial charge in [0.25, 0.3) is 10.1 Å². The Morgan fingerprint density at radius 1 is 0.667 bits per heavy atom. The van der Waals surface area contributed by atoms with Gasteiger partial charge in [-0.15, -0.1) is 0 Å². The van der Waals surface area contributed by atoms with Crippen molar-refractivity contribution in [1.29, 1.82) is 0 Å². The van der Waals surface area contributed by atoms with Crippen LogP contribution in [0.2, 0.25) is 0 Å². The molecule has 0 N–H and O–H groups in total. The second-order valence-electron chi connectivity index (χ2n) is 5.77. The normalized spacial score (nSPS) is 9.52. The van der Waals surface area contributed by atoms with E-state index in [-0.39, 0.29) is 159 Å². The largest absolute Gasteiger partial charge is 0.296 e. The molecule has 0 fully saturated rings. The molecule has 0 bridgehead atoms. The van der Waals surface area contributed by atoms with E-state index in [4.69, 9.17) is 4.18 Å². The van der Waals surface area contributed by atoms with Gasteiger partial charge in [0.05, 0.1) is 11.5 Å². The Bertz CT molecular complexity index is 487. The van der Waals surface area contributed by atoms with E-state index in [1.807, 2.05) is 0 Å². The van der Waals surface area contributed by atoms with Gasteiger partial charge in [-0.25, -0.2) is 0 Å². The fraction of sp³-hybridized carbons (Fsp3) is 0.667. The summed E-state index contributed by atoms with van der Waals surface area (Å²) in [7, 11) is -3.57. The molecule has 1 aromatic rings. The molecular weight excluding hydrogens is 411 g/mol. The van der Waals surface area contributed by atoms with Crippen molar-refractivity contribution in [3.63, 3.8) is 0 Å². The van der Waals surface area contributed by atoms with Crippen LogP contribution in [0, 0.1) is 0 Å². The van der Waals surface area contributed by atoms with Gasteiger partial charge in [0, 0.05) is 148 Å². The minimum Gasteiger partial charge on any atom is -0.266 e. The topological polar surface area (TPSA) is 43.4 Å². The van der Waals surface area contributed by atoms with Gasteiger partial charge in [0.15, 0.2) is 0 Å². The van der Waals surface area contributed by atoms with Crippen LogP contribution in [0.4, 0.5) is 0 Å². The maximum absolute atomic E-state index is 11.9. The van der Waals surface area contributed by atoms with Gasteiger partial charge in [0.2, 0.25) is 0 Å². The molecule has 0 aliphatic carbocycles. The molecule has 0 spiro atoms. The van der Waals surface area contributed by atoms with Crippen LogP contribution in [0.25, 0.3) is 0 Å². The van der Waals surface area contributed by atoms with Crippen LogP contribution < -0.4 is 0 Å². The average molecular weight is 441 g/mol. The van der Waals surface area contributed by atoms with E-state index in [0.29, 0.717) is 0 Å². The summed E-state index contributed by atoms with van der Waals surface area (Å²) in [6.45, 7) is 2.52. The minimum absolute atomic E-state index is 0. The Balaban J connectivity index is -0.000000323. The van der Waals surface area contributed by atoms with Crippen molar-refractivity contribution in [3.05, 3.63) is 30.3 Å². The van der Waals surface area contributed by atoms with Gasteiger partial charge in [0.1, 0.15) is 0 Å². The predicted octanol–water partition coefficient (Wildman–Crippen LogP) is 3.41. The zero-order valence-electron chi connectivity index (χ0n) is 18.8. The van der Waals surface area contributed by atoms with Crippen LogP contribution in [0.5, 0.6) is 0 Å². The minimum atomic E-state index is -3.57. The molecule has 27 heavy (non-hydrogen) atoms. The molecule has 1 aromatic carbocycles. The van der Waals surface area contributed by atoms with E-state index < -0.39 is 10.1 Å². The summed E-state index contributed by atoms with van der Waals surface area (Å²) in [6, 6.07) is 8.33. The number of rotatable bonds is 13. The summed E-state index contributed by atoms with van der Waals surface area (Å²) in [6.07, 6.45) is 12.3. The van der Waals surface area contributed by atoms with Gasteiger partial charge in [-0.1, -0.05) is 82.9 Å². The van der Waals surface area contributed by atoms with Gasteiger partial charge >= 0.3 is 0 Å². The first-order chi connectivity index (χ1) is 10.7. The summed E-state index contributed by atoms with van der Waals surface area (Å²) in [5.41, 5.74) is 0. The van der Waals surface area contributed by atoms with Crippen molar-refractivity contribution in [1.82, 2.24) is 0 Å². The Kier molecular flexibility index (Phi) is 43.2. The molecule has 9 heteroatoms. The molecule has 0 atom stereocenters. The Labute approximate surface area is 278 Å². The molecule has 5 radical (unpaired) electrons. The SMILES string of the molecule is CCCCCCCCCCCCOS(=O)(=O)c1ccccc1.[Na].[Na].[Na].[Na].[Na]. The van der Waals surface area contributed by atoms with E-state index in [1.54, 1.807) is 30.3 Å². The zero-order chi connectivity index (χ0) is 16.1. The molecule has 0 heterocycles. The van der Waals surface area contributed by atoms with E-state index >= 15 is 0 Å². The van der Waals surface area contributed by atoms with E-state index in [0.717, 1.165) is 12.8 Å². The van der Waals surface area contributed by atoms with Crippen LogP contribution in [0.1, 0.15) is 71.1 Å². The van der Waals surface area contributed by atoms with Crippen molar-refractivity contribution in [3.8, 4) is 0 Å². The van der Waals surface area contributed by atoms with Crippen LogP contribution in [0.3, 0.4) is 0 Å². The number of hydrogen-bond acceptors (Lipinski definition) is 3. The zero-order valence-corrected chi connectivity index (χ0v) is 29.6. The fourth-order valence-electron chi connectivity index (χ4n) is 2.41. The molecule has 0 unspecified atom stereocenters. The van der Waals surface area contributed by atoms with Crippen molar-refractivity contribution in [2.75, 3.05) is 6.61 Å². The van der Waals surface area contributed by atoms with Gasteiger partial charge < -0.3 is 0 Å². The third-order valence-corrected chi connectivity index (χ3v) is 5.09. The summed E-state index contributed by atoms with van der Waals surface area (Å²) >= 11 is 0. The Hall–Kier alpha value is 4.13. The average Bonchev–Trinajstić information content (AvgIpc) is 2.53. The molecule has 0 amide bonds. The van der Waals surface area contributed by atoms with Crippen LogP contribution >= 0.6 is 0 Å². The molecule has 0 saturated heterocycles. The standard InChI is InChI=1S/C18H30O3S.5Na/c1-2-3-4-5-6-7-8-9-10-14-17-21-22(19,20)18-15-12-11-13-16-18;;;;;/h11-13,15-16H,2-10,14,17H2,1H3;;;;;. The summed E-state index contributed by atoms with van der Waals surface area (Å²) in [4.78, 5) is 0.238. The van der Waals surface area contributed by atoms with Crippen molar-refractivity contribution in [2.45, 2.75) is 76.0 Å². The summed E-state index contributed by atoms with van der Waals surface area (Å²) in [5, 5.41) is 0. The van der Waals surface area contributed by atoms with E-state index in [1.165, 1.54) is 51.4 Å². The molecule has 0 aliphatic rings. The molecular formula is C18H30Na5O3S. The molecule has 0 aliphatic heterocycles. The molecule has 1 rings (SSSR count). The van der Waals surface area contributed by atoms with Crippen LogP contribution in [-0.2, 0) is 14.3 Å². The smallest absolute Gasteiger partial charge is 0.266 e.